The molecule has 1 atom stereocenters. The summed E-state index contributed by atoms with van der Waals surface area (Å²) in [6, 6.07) is 0. The molecule has 1 fully saturated rings. The lowest BCUT2D eigenvalue weighted by Gasteiger charge is -2.35. The molecule has 23 heavy (non-hydrogen) atoms. The van der Waals surface area contributed by atoms with Crippen LogP contribution in [0.4, 0.5) is 0 Å². The summed E-state index contributed by atoms with van der Waals surface area (Å²) >= 11 is 0. The average Bonchev–Trinajstić information content (AvgIpc) is 3.03. The number of carbonyl (C=O) groups is 1. The highest BCUT2D eigenvalue weighted by atomic mass is 16.5. The molecule has 0 aromatic carbocycles. The van der Waals surface area contributed by atoms with E-state index in [1.165, 1.54) is 0 Å². The van der Waals surface area contributed by atoms with Crippen LogP contribution in [0.2, 0.25) is 0 Å². The Bertz CT molecular complexity index is 481. The van der Waals surface area contributed by atoms with Crippen LogP contribution in [0.3, 0.4) is 0 Å². The number of aromatic nitrogens is 2. The second-order valence-electron chi connectivity index (χ2n) is 6.31. The predicted octanol–water partition coefficient (Wildman–Crippen LogP) is 2.49. The number of piperazine rings is 1. The summed E-state index contributed by atoms with van der Waals surface area (Å²) in [5.41, 5.74) is 0. The molecule has 1 aliphatic rings. The van der Waals surface area contributed by atoms with E-state index in [0.29, 0.717) is 18.3 Å². The molecule has 0 bridgehead atoms. The molecule has 2 heterocycles. The van der Waals surface area contributed by atoms with Crippen molar-refractivity contribution < 1.29 is 9.32 Å². The van der Waals surface area contributed by atoms with Gasteiger partial charge in [0.2, 0.25) is 11.8 Å². The Morgan fingerprint density at radius 3 is 2.52 bits per heavy atom. The zero-order valence-corrected chi connectivity index (χ0v) is 14.8. The van der Waals surface area contributed by atoms with Gasteiger partial charge >= 0.3 is 0 Å². The molecule has 6 heteroatoms. The van der Waals surface area contributed by atoms with Gasteiger partial charge in [-0.2, -0.15) is 4.98 Å². The Labute approximate surface area is 139 Å². The van der Waals surface area contributed by atoms with Crippen molar-refractivity contribution in [2.45, 2.75) is 59.4 Å². The minimum absolute atomic E-state index is 0.200. The molecule has 1 aliphatic heterocycles. The quantitative estimate of drug-likeness (QED) is 0.736. The van der Waals surface area contributed by atoms with E-state index in [9.17, 15) is 4.79 Å². The van der Waals surface area contributed by atoms with E-state index in [1.54, 1.807) is 0 Å². The van der Waals surface area contributed by atoms with Gasteiger partial charge in [-0.15, -0.1) is 0 Å². The van der Waals surface area contributed by atoms with E-state index in [4.69, 9.17) is 4.52 Å². The molecule has 0 spiro atoms. The van der Waals surface area contributed by atoms with E-state index >= 15 is 0 Å². The first kappa shape index (κ1) is 17.9. The lowest BCUT2D eigenvalue weighted by molar-refractivity contribution is -0.137. The van der Waals surface area contributed by atoms with Gasteiger partial charge in [0.15, 0.2) is 5.82 Å². The van der Waals surface area contributed by atoms with Gasteiger partial charge in [0.05, 0.1) is 6.54 Å². The van der Waals surface area contributed by atoms with Crippen molar-refractivity contribution >= 4 is 5.91 Å². The summed E-state index contributed by atoms with van der Waals surface area (Å²) in [6.07, 6.45) is 5.03. The lowest BCUT2D eigenvalue weighted by atomic mass is 9.97. The monoisotopic (exact) mass is 322 g/mol. The SMILES string of the molecule is CCCC[C@H](CC)C(=O)N1CCN(Cc2noc(CC)n2)CC1. The molecule has 1 aromatic heterocycles. The maximum atomic E-state index is 12.6. The maximum absolute atomic E-state index is 12.6. The fourth-order valence-electron chi connectivity index (χ4n) is 3.04. The first-order chi connectivity index (χ1) is 11.2. The standard InChI is InChI=1S/C17H30N4O2/c1-4-7-8-14(5-2)17(22)21-11-9-20(10-12-21)13-15-18-16(6-3)23-19-15/h14H,4-13H2,1-3H3/t14-/m0/s1. The molecule has 130 valence electrons. The van der Waals surface area contributed by atoms with Gasteiger partial charge < -0.3 is 9.42 Å². The number of hydrogen-bond donors (Lipinski definition) is 0. The van der Waals surface area contributed by atoms with Crippen molar-refractivity contribution in [1.29, 1.82) is 0 Å². The van der Waals surface area contributed by atoms with Gasteiger partial charge in [-0.05, 0) is 12.8 Å². The molecule has 0 aliphatic carbocycles. The van der Waals surface area contributed by atoms with E-state index in [-0.39, 0.29) is 5.92 Å². The van der Waals surface area contributed by atoms with Gasteiger partial charge in [-0.3, -0.25) is 9.69 Å². The highest BCUT2D eigenvalue weighted by Gasteiger charge is 2.26. The minimum atomic E-state index is 0.200. The zero-order valence-electron chi connectivity index (χ0n) is 14.8. The smallest absolute Gasteiger partial charge is 0.226 e. The molecule has 0 unspecified atom stereocenters. The Hall–Kier alpha value is -1.43. The van der Waals surface area contributed by atoms with Gasteiger partial charge in [0.25, 0.3) is 0 Å². The average molecular weight is 322 g/mol. The van der Waals surface area contributed by atoms with Crippen molar-refractivity contribution in [1.82, 2.24) is 19.9 Å². The molecule has 0 radical (unpaired) electrons. The van der Waals surface area contributed by atoms with Crippen LogP contribution in [-0.2, 0) is 17.8 Å². The first-order valence-electron chi connectivity index (χ1n) is 9.00. The Morgan fingerprint density at radius 2 is 1.96 bits per heavy atom. The highest BCUT2D eigenvalue weighted by Crippen LogP contribution is 2.17. The third-order valence-electron chi connectivity index (χ3n) is 4.61. The zero-order chi connectivity index (χ0) is 16.7. The van der Waals surface area contributed by atoms with Crippen LogP contribution >= 0.6 is 0 Å². The van der Waals surface area contributed by atoms with Crippen LogP contribution < -0.4 is 0 Å². The summed E-state index contributed by atoms with van der Waals surface area (Å²) in [6.45, 7) is 10.4. The number of amides is 1. The van der Waals surface area contributed by atoms with Crippen LogP contribution in [0, 0.1) is 5.92 Å². The predicted molar refractivity (Wildman–Crippen MR) is 88.8 cm³/mol. The highest BCUT2D eigenvalue weighted by molar-refractivity contribution is 5.78. The fraction of sp³-hybridized carbons (Fsp3) is 0.824. The van der Waals surface area contributed by atoms with Crippen molar-refractivity contribution in [2.24, 2.45) is 5.92 Å². The molecule has 2 rings (SSSR count). The second kappa shape index (κ2) is 9.01. The van der Waals surface area contributed by atoms with Gasteiger partial charge in [0.1, 0.15) is 0 Å². The minimum Gasteiger partial charge on any atom is -0.340 e. The van der Waals surface area contributed by atoms with Crippen molar-refractivity contribution in [3.05, 3.63) is 11.7 Å². The largest absolute Gasteiger partial charge is 0.340 e. The van der Waals surface area contributed by atoms with Gasteiger partial charge in [-0.1, -0.05) is 38.8 Å². The van der Waals surface area contributed by atoms with Crippen LogP contribution in [0.1, 0.15) is 58.2 Å². The summed E-state index contributed by atoms with van der Waals surface area (Å²) in [7, 11) is 0. The molecular formula is C17H30N4O2. The summed E-state index contributed by atoms with van der Waals surface area (Å²) in [5, 5.41) is 4.00. The van der Waals surface area contributed by atoms with E-state index in [0.717, 1.165) is 64.1 Å². The normalized spacial score (nSPS) is 17.4. The molecular weight excluding hydrogens is 292 g/mol. The Kier molecular flexibility index (Phi) is 7.02. The van der Waals surface area contributed by atoms with Gasteiger partial charge in [-0.25, -0.2) is 0 Å². The van der Waals surface area contributed by atoms with E-state index < -0.39 is 0 Å². The number of hydrogen-bond acceptors (Lipinski definition) is 5. The van der Waals surface area contributed by atoms with Crippen molar-refractivity contribution in [2.75, 3.05) is 26.2 Å². The van der Waals surface area contributed by atoms with Crippen LogP contribution in [-0.4, -0.2) is 52.0 Å². The van der Waals surface area contributed by atoms with Crippen LogP contribution in [0.25, 0.3) is 0 Å². The second-order valence-corrected chi connectivity index (χ2v) is 6.31. The third kappa shape index (κ3) is 5.03. The number of nitrogens with zero attached hydrogens (tertiary/aromatic N) is 4. The first-order valence-corrected chi connectivity index (χ1v) is 9.00. The number of rotatable bonds is 8. The molecule has 0 N–H and O–H groups in total. The summed E-state index contributed by atoms with van der Waals surface area (Å²) in [4.78, 5) is 21.3. The molecule has 1 aromatic rings. The maximum Gasteiger partial charge on any atom is 0.226 e. The van der Waals surface area contributed by atoms with Crippen LogP contribution in [0.5, 0.6) is 0 Å². The topological polar surface area (TPSA) is 62.5 Å². The summed E-state index contributed by atoms with van der Waals surface area (Å²) < 4.78 is 5.15. The van der Waals surface area contributed by atoms with Crippen LogP contribution in [0.15, 0.2) is 4.52 Å². The third-order valence-corrected chi connectivity index (χ3v) is 4.61. The number of unbranched alkanes of at least 4 members (excludes halogenated alkanes) is 1. The molecule has 6 nitrogen and oxygen atoms in total. The molecule has 0 saturated carbocycles. The van der Waals surface area contributed by atoms with E-state index in [2.05, 4.69) is 28.9 Å². The lowest BCUT2D eigenvalue weighted by Crippen LogP contribution is -2.50. The van der Waals surface area contributed by atoms with Crippen molar-refractivity contribution in [3.63, 3.8) is 0 Å². The van der Waals surface area contributed by atoms with E-state index in [1.807, 2.05) is 11.8 Å². The Balaban J connectivity index is 1.79. The fourth-order valence-corrected chi connectivity index (χ4v) is 3.04. The number of carbonyl (C=O) groups excluding carboxylic acids is 1. The molecule has 1 saturated heterocycles. The summed E-state index contributed by atoms with van der Waals surface area (Å²) in [5.74, 6) is 1.98. The van der Waals surface area contributed by atoms with Crippen molar-refractivity contribution in [3.8, 4) is 0 Å². The number of aryl methyl sites for hydroxylation is 1. The Morgan fingerprint density at radius 1 is 1.22 bits per heavy atom. The molecule has 1 amide bonds. The van der Waals surface area contributed by atoms with Gasteiger partial charge in [0, 0.05) is 38.5 Å².